The minimum atomic E-state index is -1.20. The summed E-state index contributed by atoms with van der Waals surface area (Å²) in [5.41, 5.74) is 0.410. The first kappa shape index (κ1) is 33.3. The van der Waals surface area contributed by atoms with E-state index >= 15 is 0 Å². The predicted molar refractivity (Wildman–Crippen MR) is 160 cm³/mol. The molecule has 1 unspecified atom stereocenters. The van der Waals surface area contributed by atoms with Crippen LogP contribution in [0.25, 0.3) is 5.69 Å². The molecule has 0 radical (unpaired) electrons. The molecule has 1 saturated heterocycles. The van der Waals surface area contributed by atoms with Crippen molar-refractivity contribution in [2.45, 2.75) is 70.9 Å². The number of nitrogens with zero attached hydrogens (tertiary/aromatic N) is 4. The molecular formula is C31H41N5O9. The molecule has 0 spiro atoms. The Morgan fingerprint density at radius 3 is 2.16 bits per heavy atom. The van der Waals surface area contributed by atoms with Gasteiger partial charge in [-0.1, -0.05) is 19.1 Å². The Morgan fingerprint density at radius 2 is 1.60 bits per heavy atom. The molecule has 14 heteroatoms. The Kier molecular flexibility index (Phi) is 11.0. The zero-order valence-electron chi connectivity index (χ0n) is 26.0. The molecule has 1 aromatic heterocycles. The lowest BCUT2D eigenvalue weighted by atomic mass is 9.80. The zero-order chi connectivity index (χ0) is 32.6. The van der Waals surface area contributed by atoms with Crippen LogP contribution in [0.4, 0.5) is 4.79 Å². The predicted octanol–water partition coefficient (Wildman–Crippen LogP) is 2.56. The number of ether oxygens (including phenoxy) is 3. The SMILES string of the molecule is CCOC(=O)N1CCN(C(=O)C(CCC(=O)O)NC(=O)c2cc(OC3(C(=O)OCC)CCC3)n(-c3ccc(CC)cc3)n2)CC1. The van der Waals surface area contributed by atoms with Gasteiger partial charge in [-0.2, -0.15) is 5.10 Å². The van der Waals surface area contributed by atoms with E-state index in [4.69, 9.17) is 14.2 Å². The Balaban J connectivity index is 1.57. The molecule has 14 nitrogen and oxygen atoms in total. The van der Waals surface area contributed by atoms with Crippen LogP contribution in [0.2, 0.25) is 0 Å². The van der Waals surface area contributed by atoms with E-state index in [0.717, 1.165) is 18.4 Å². The number of nitrogens with one attached hydrogen (secondary N) is 1. The van der Waals surface area contributed by atoms with Gasteiger partial charge in [-0.05, 0) is 63.6 Å². The molecular weight excluding hydrogens is 586 g/mol. The first-order chi connectivity index (χ1) is 21.6. The highest BCUT2D eigenvalue weighted by Crippen LogP contribution is 2.38. The number of carbonyl (C=O) groups excluding carboxylic acids is 4. The normalized spacial score (nSPS) is 16.2. The number of aliphatic carboxylic acids is 1. The van der Waals surface area contributed by atoms with E-state index in [1.165, 1.54) is 20.5 Å². The number of carboxylic acid groups (broad SMARTS) is 1. The lowest BCUT2D eigenvalue weighted by Gasteiger charge is -2.38. The van der Waals surface area contributed by atoms with E-state index in [0.29, 0.717) is 18.5 Å². The second-order valence-corrected chi connectivity index (χ2v) is 10.9. The topological polar surface area (TPSA) is 170 Å². The first-order valence-electron chi connectivity index (χ1n) is 15.4. The van der Waals surface area contributed by atoms with Gasteiger partial charge in [-0.15, -0.1) is 0 Å². The molecule has 1 aliphatic carbocycles. The molecule has 2 heterocycles. The Morgan fingerprint density at radius 1 is 0.956 bits per heavy atom. The summed E-state index contributed by atoms with van der Waals surface area (Å²) in [4.78, 5) is 66.3. The second-order valence-electron chi connectivity index (χ2n) is 10.9. The molecule has 1 aliphatic heterocycles. The monoisotopic (exact) mass is 627 g/mol. The van der Waals surface area contributed by atoms with Crippen LogP contribution < -0.4 is 10.1 Å². The maximum atomic E-state index is 13.6. The lowest BCUT2D eigenvalue weighted by molar-refractivity contribution is -0.170. The average molecular weight is 628 g/mol. The molecule has 3 amide bonds. The van der Waals surface area contributed by atoms with E-state index in [1.807, 2.05) is 31.2 Å². The number of piperazine rings is 1. The smallest absolute Gasteiger partial charge is 0.409 e. The van der Waals surface area contributed by atoms with Crippen LogP contribution >= 0.6 is 0 Å². The van der Waals surface area contributed by atoms with Crippen LogP contribution in [0.3, 0.4) is 0 Å². The van der Waals surface area contributed by atoms with Crippen molar-refractivity contribution in [3.63, 3.8) is 0 Å². The third-order valence-corrected chi connectivity index (χ3v) is 7.97. The van der Waals surface area contributed by atoms with Crippen molar-refractivity contribution < 1.29 is 43.3 Å². The van der Waals surface area contributed by atoms with Crippen molar-refractivity contribution in [1.82, 2.24) is 24.9 Å². The third kappa shape index (κ3) is 7.91. The minimum absolute atomic E-state index is 0.0804. The quantitative estimate of drug-likeness (QED) is 0.315. The molecule has 4 rings (SSSR count). The summed E-state index contributed by atoms with van der Waals surface area (Å²) >= 11 is 0. The van der Waals surface area contributed by atoms with Gasteiger partial charge in [-0.3, -0.25) is 14.4 Å². The number of hydrogen-bond donors (Lipinski definition) is 2. The number of aryl methyl sites for hydroxylation is 1. The molecule has 2 aliphatic rings. The summed E-state index contributed by atoms with van der Waals surface area (Å²) < 4.78 is 18.0. The van der Waals surface area contributed by atoms with Crippen molar-refractivity contribution in [1.29, 1.82) is 0 Å². The van der Waals surface area contributed by atoms with Crippen molar-refractivity contribution in [2.75, 3.05) is 39.4 Å². The van der Waals surface area contributed by atoms with Gasteiger partial charge in [0.15, 0.2) is 5.69 Å². The summed E-state index contributed by atoms with van der Waals surface area (Å²) in [6.07, 6.45) is 1.52. The maximum absolute atomic E-state index is 13.6. The highest BCUT2D eigenvalue weighted by molar-refractivity contribution is 5.96. The van der Waals surface area contributed by atoms with Gasteiger partial charge in [0, 0.05) is 38.7 Å². The van der Waals surface area contributed by atoms with E-state index < -0.39 is 41.5 Å². The fourth-order valence-electron chi connectivity index (χ4n) is 5.22. The number of carbonyl (C=O) groups is 5. The number of rotatable bonds is 13. The van der Waals surface area contributed by atoms with Crippen molar-refractivity contribution >= 4 is 29.8 Å². The Labute approximate surface area is 261 Å². The summed E-state index contributed by atoms with van der Waals surface area (Å²) in [7, 11) is 0. The Bertz CT molecular complexity index is 1380. The molecule has 1 atom stereocenters. The highest BCUT2D eigenvalue weighted by Gasteiger charge is 2.49. The molecule has 45 heavy (non-hydrogen) atoms. The number of aromatic nitrogens is 2. The number of hydrogen-bond acceptors (Lipinski definition) is 9. The van der Waals surface area contributed by atoms with Gasteiger partial charge in [0.05, 0.1) is 18.9 Å². The van der Waals surface area contributed by atoms with Crippen LogP contribution in [0, 0.1) is 0 Å². The maximum Gasteiger partial charge on any atom is 0.409 e. The van der Waals surface area contributed by atoms with Crippen LogP contribution in [-0.4, -0.2) is 106 Å². The van der Waals surface area contributed by atoms with E-state index in [2.05, 4.69) is 10.4 Å². The second kappa shape index (κ2) is 14.9. The zero-order valence-corrected chi connectivity index (χ0v) is 26.0. The highest BCUT2D eigenvalue weighted by atomic mass is 16.6. The summed E-state index contributed by atoms with van der Waals surface area (Å²) in [6, 6.07) is 7.75. The first-order valence-corrected chi connectivity index (χ1v) is 15.4. The molecule has 0 bridgehead atoms. The molecule has 2 N–H and O–H groups in total. The van der Waals surface area contributed by atoms with Gasteiger partial charge in [0.25, 0.3) is 5.91 Å². The number of carboxylic acids is 1. The van der Waals surface area contributed by atoms with E-state index in [1.54, 1.807) is 13.8 Å². The summed E-state index contributed by atoms with van der Waals surface area (Å²) in [5.74, 6) is -2.62. The number of esters is 1. The van der Waals surface area contributed by atoms with Crippen LogP contribution in [0.5, 0.6) is 5.88 Å². The van der Waals surface area contributed by atoms with Crippen LogP contribution in [-0.2, 0) is 30.3 Å². The largest absolute Gasteiger partial charge is 0.481 e. The standard InChI is InChI=1S/C31H41N5O9/c1-4-21-8-10-22(11-9-21)36-25(45-31(14-7-15-31)29(41)43-5-2)20-24(33-36)27(39)32-23(12-13-26(37)38)28(40)34-16-18-35(19-17-34)30(42)44-6-3/h8-11,20,23H,4-7,12-19H2,1-3H3,(H,32,39)(H,37,38). The van der Waals surface area contributed by atoms with E-state index in [9.17, 15) is 29.1 Å². The molecule has 2 fully saturated rings. The van der Waals surface area contributed by atoms with Gasteiger partial charge in [-0.25, -0.2) is 14.3 Å². The fraction of sp³-hybridized carbons (Fsp3) is 0.548. The van der Waals surface area contributed by atoms with Crippen molar-refractivity contribution in [3.8, 4) is 11.6 Å². The van der Waals surface area contributed by atoms with Gasteiger partial charge in [0.1, 0.15) is 6.04 Å². The molecule has 1 aromatic carbocycles. The van der Waals surface area contributed by atoms with Crippen LogP contribution in [0.15, 0.2) is 30.3 Å². The fourth-order valence-corrected chi connectivity index (χ4v) is 5.22. The third-order valence-electron chi connectivity index (χ3n) is 7.97. The molecule has 2 aromatic rings. The van der Waals surface area contributed by atoms with Crippen molar-refractivity contribution in [3.05, 3.63) is 41.6 Å². The summed E-state index contributed by atoms with van der Waals surface area (Å²) in [5, 5.41) is 16.5. The number of benzene rings is 1. The van der Waals surface area contributed by atoms with Gasteiger partial charge < -0.3 is 34.4 Å². The lowest BCUT2D eigenvalue weighted by Crippen LogP contribution is -2.56. The molecule has 244 valence electrons. The molecule has 1 saturated carbocycles. The average Bonchev–Trinajstić information content (AvgIpc) is 3.44. The minimum Gasteiger partial charge on any atom is -0.481 e. The van der Waals surface area contributed by atoms with E-state index in [-0.39, 0.29) is 63.8 Å². The number of amides is 3. The van der Waals surface area contributed by atoms with Gasteiger partial charge in [0.2, 0.25) is 17.4 Å². The Hall–Kier alpha value is -4.62. The van der Waals surface area contributed by atoms with Crippen LogP contribution in [0.1, 0.15) is 68.9 Å². The summed E-state index contributed by atoms with van der Waals surface area (Å²) in [6.45, 7) is 6.77. The van der Waals surface area contributed by atoms with Gasteiger partial charge >= 0.3 is 18.0 Å². The van der Waals surface area contributed by atoms with Crippen molar-refractivity contribution in [2.24, 2.45) is 0 Å².